The highest BCUT2D eigenvalue weighted by molar-refractivity contribution is 5.76. The molecule has 0 aromatic heterocycles. The van der Waals surface area contributed by atoms with Gasteiger partial charge >= 0.3 is 5.97 Å². The van der Waals surface area contributed by atoms with Crippen LogP contribution in [0.4, 0.5) is 0 Å². The van der Waals surface area contributed by atoms with Crippen LogP contribution in [0, 0.1) is 0 Å². The van der Waals surface area contributed by atoms with Crippen LogP contribution in [0.2, 0.25) is 0 Å². The maximum absolute atomic E-state index is 13.0. The Balaban J connectivity index is 2.26. The van der Waals surface area contributed by atoms with E-state index in [4.69, 9.17) is 14.2 Å². The maximum Gasteiger partial charge on any atom is 0.305 e. The number of hydrogen-bond donors (Lipinski definition) is 6. The Kier molecular flexibility index (Phi) is 40.7. The van der Waals surface area contributed by atoms with Gasteiger partial charge in [-0.15, -0.1) is 0 Å². The van der Waals surface area contributed by atoms with Gasteiger partial charge in [0.05, 0.1) is 32.0 Å². The fraction of sp³-hybridized carbons (Fsp3) is 0.849. The molecule has 0 aromatic rings. The molecule has 1 heterocycles. The molecule has 64 heavy (non-hydrogen) atoms. The predicted octanol–water partition coefficient (Wildman–Crippen LogP) is 10.8. The summed E-state index contributed by atoms with van der Waals surface area (Å²) in [6.45, 7) is 4.20. The van der Waals surface area contributed by atoms with Gasteiger partial charge < -0.3 is 45.1 Å². The minimum atomic E-state index is -1.59. The number of carbonyl (C=O) groups excluding carboxylic acids is 2. The molecular formula is C53H97NO10. The molecule has 11 nitrogen and oxygen atoms in total. The van der Waals surface area contributed by atoms with Crippen LogP contribution in [0.15, 0.2) is 36.5 Å². The molecule has 11 heteroatoms. The second kappa shape index (κ2) is 43.5. The maximum atomic E-state index is 13.0. The van der Waals surface area contributed by atoms with E-state index in [2.05, 4.69) is 43.5 Å². The lowest BCUT2D eigenvalue weighted by atomic mass is 9.99. The van der Waals surface area contributed by atoms with E-state index in [1.165, 1.54) is 109 Å². The summed E-state index contributed by atoms with van der Waals surface area (Å²) >= 11 is 0. The first-order chi connectivity index (χ1) is 31.2. The molecule has 7 atom stereocenters. The number of amides is 1. The van der Waals surface area contributed by atoms with E-state index in [9.17, 15) is 35.1 Å². The van der Waals surface area contributed by atoms with Crippen molar-refractivity contribution < 1.29 is 49.3 Å². The first-order valence-corrected chi connectivity index (χ1v) is 26.3. The number of ether oxygens (including phenoxy) is 3. The van der Waals surface area contributed by atoms with Crippen molar-refractivity contribution in [1.82, 2.24) is 5.32 Å². The average molecular weight is 908 g/mol. The fourth-order valence-electron chi connectivity index (χ4n) is 7.97. The van der Waals surface area contributed by atoms with Gasteiger partial charge in [0.15, 0.2) is 6.29 Å². The molecule has 7 unspecified atom stereocenters. The minimum Gasteiger partial charge on any atom is -0.466 e. The highest BCUT2D eigenvalue weighted by Gasteiger charge is 2.44. The molecule has 0 radical (unpaired) electrons. The molecule has 1 rings (SSSR count). The average Bonchev–Trinajstić information content (AvgIpc) is 3.29. The summed E-state index contributed by atoms with van der Waals surface area (Å²) < 4.78 is 16.6. The second-order valence-electron chi connectivity index (χ2n) is 18.2. The summed E-state index contributed by atoms with van der Waals surface area (Å²) in [6, 6.07) is -0.848. The Morgan fingerprint density at radius 2 is 1.02 bits per heavy atom. The number of carbonyl (C=O) groups is 2. The molecule has 1 fully saturated rings. The van der Waals surface area contributed by atoms with Gasteiger partial charge in [0.25, 0.3) is 0 Å². The zero-order valence-electron chi connectivity index (χ0n) is 40.7. The molecule has 6 N–H and O–H groups in total. The molecular weight excluding hydrogens is 811 g/mol. The van der Waals surface area contributed by atoms with Gasteiger partial charge in [0.1, 0.15) is 24.4 Å². The van der Waals surface area contributed by atoms with Crippen LogP contribution in [0.3, 0.4) is 0 Å². The van der Waals surface area contributed by atoms with Gasteiger partial charge in [-0.25, -0.2) is 0 Å². The third-order valence-electron chi connectivity index (χ3n) is 12.2. The normalized spacial score (nSPS) is 20.1. The molecule has 1 saturated heterocycles. The van der Waals surface area contributed by atoms with E-state index in [0.29, 0.717) is 25.9 Å². The van der Waals surface area contributed by atoms with Crippen LogP contribution in [0.25, 0.3) is 0 Å². The number of aliphatic hydroxyl groups is 5. The monoisotopic (exact) mass is 908 g/mol. The Hall–Kier alpha value is -2.12. The fourth-order valence-corrected chi connectivity index (χ4v) is 7.97. The Bertz CT molecular complexity index is 1160. The Labute approximate surface area is 390 Å². The zero-order chi connectivity index (χ0) is 46.7. The number of rotatable bonds is 44. The first-order valence-electron chi connectivity index (χ1n) is 26.3. The van der Waals surface area contributed by atoms with Crippen LogP contribution in [0.1, 0.15) is 226 Å². The summed E-state index contributed by atoms with van der Waals surface area (Å²) in [5.41, 5.74) is 0. The standard InChI is InChI=1S/C53H97NO10/c1-3-5-7-9-11-13-15-16-17-20-23-27-31-35-39-46(56)45(44-63-53-52(61)51(60)50(59)47(43-55)64-53)54-48(57)40-36-32-28-24-21-18-22-26-30-34-38-42-62-49(58)41-37-33-29-25-19-14-12-10-8-6-4-2/h20,22-23,26,35,39,45-47,50-53,55-56,59-61H,3-19,21,24-25,27-34,36-38,40-44H2,1-2H3,(H,54,57)/b23-20+,26-22-,39-35+. The van der Waals surface area contributed by atoms with Crippen LogP contribution < -0.4 is 5.32 Å². The van der Waals surface area contributed by atoms with Crippen molar-refractivity contribution in [2.75, 3.05) is 19.8 Å². The third kappa shape index (κ3) is 33.4. The number of unbranched alkanes of at least 4 members (excludes halogenated alkanes) is 26. The predicted molar refractivity (Wildman–Crippen MR) is 260 cm³/mol. The molecule has 374 valence electrons. The van der Waals surface area contributed by atoms with Gasteiger partial charge in [-0.1, -0.05) is 179 Å². The molecule has 0 aromatic carbocycles. The Morgan fingerprint density at radius 1 is 0.562 bits per heavy atom. The van der Waals surface area contributed by atoms with Crippen LogP contribution in [-0.4, -0.2) is 100 Å². The number of esters is 1. The smallest absolute Gasteiger partial charge is 0.305 e. The molecule has 0 saturated carbocycles. The summed E-state index contributed by atoms with van der Waals surface area (Å²) in [7, 11) is 0. The molecule has 0 spiro atoms. The Morgan fingerprint density at radius 3 is 1.55 bits per heavy atom. The minimum absolute atomic E-state index is 0.0592. The second-order valence-corrected chi connectivity index (χ2v) is 18.2. The topological polar surface area (TPSA) is 175 Å². The van der Waals surface area contributed by atoms with Crippen molar-refractivity contribution in [1.29, 1.82) is 0 Å². The first kappa shape index (κ1) is 59.9. The molecule has 1 aliphatic heterocycles. The van der Waals surface area contributed by atoms with Gasteiger partial charge in [-0.05, 0) is 70.6 Å². The van der Waals surface area contributed by atoms with E-state index in [1.807, 2.05) is 6.08 Å². The van der Waals surface area contributed by atoms with Crippen LogP contribution >= 0.6 is 0 Å². The van der Waals surface area contributed by atoms with E-state index in [-0.39, 0.29) is 18.5 Å². The number of hydrogen-bond acceptors (Lipinski definition) is 10. The molecule has 0 bridgehead atoms. The lowest BCUT2D eigenvalue weighted by Crippen LogP contribution is -2.60. The largest absolute Gasteiger partial charge is 0.466 e. The zero-order valence-corrected chi connectivity index (χ0v) is 40.7. The van der Waals surface area contributed by atoms with Crippen LogP contribution in [-0.2, 0) is 23.8 Å². The SMILES string of the molecule is CCCCCCCCCC/C=C/CC/C=C/C(O)C(COC1OC(CO)C(O)C(O)C1O)NC(=O)CCCCCCC/C=C\CCCCOC(=O)CCCCCCCCCCCCC. The lowest BCUT2D eigenvalue weighted by Gasteiger charge is -2.40. The van der Waals surface area contributed by atoms with Crippen molar-refractivity contribution in [3.63, 3.8) is 0 Å². The van der Waals surface area contributed by atoms with E-state index in [0.717, 1.165) is 83.5 Å². The lowest BCUT2D eigenvalue weighted by molar-refractivity contribution is -0.302. The van der Waals surface area contributed by atoms with E-state index >= 15 is 0 Å². The summed E-state index contributed by atoms with van der Waals surface area (Å²) in [6.07, 6.45) is 40.7. The number of aliphatic hydroxyl groups excluding tert-OH is 5. The van der Waals surface area contributed by atoms with Crippen molar-refractivity contribution in [2.24, 2.45) is 0 Å². The van der Waals surface area contributed by atoms with Gasteiger partial charge in [-0.2, -0.15) is 0 Å². The van der Waals surface area contributed by atoms with Gasteiger partial charge in [-0.3, -0.25) is 9.59 Å². The molecule has 0 aliphatic carbocycles. The molecule has 1 aliphatic rings. The van der Waals surface area contributed by atoms with Crippen molar-refractivity contribution in [3.05, 3.63) is 36.5 Å². The van der Waals surface area contributed by atoms with Gasteiger partial charge in [0.2, 0.25) is 5.91 Å². The van der Waals surface area contributed by atoms with Gasteiger partial charge in [0, 0.05) is 12.8 Å². The molecule has 1 amide bonds. The van der Waals surface area contributed by atoms with Crippen molar-refractivity contribution in [3.8, 4) is 0 Å². The summed E-state index contributed by atoms with van der Waals surface area (Å²) in [4.78, 5) is 25.0. The van der Waals surface area contributed by atoms with E-state index < -0.39 is 49.5 Å². The summed E-state index contributed by atoms with van der Waals surface area (Å²) in [5.74, 6) is -0.281. The number of allylic oxidation sites excluding steroid dienone is 5. The highest BCUT2D eigenvalue weighted by atomic mass is 16.7. The van der Waals surface area contributed by atoms with Crippen LogP contribution in [0.5, 0.6) is 0 Å². The third-order valence-corrected chi connectivity index (χ3v) is 12.2. The highest BCUT2D eigenvalue weighted by Crippen LogP contribution is 2.23. The van der Waals surface area contributed by atoms with Crippen molar-refractivity contribution in [2.45, 2.75) is 269 Å². The summed E-state index contributed by atoms with van der Waals surface area (Å²) in [5, 5.41) is 54.2. The quantitative estimate of drug-likeness (QED) is 0.0196. The van der Waals surface area contributed by atoms with Crippen molar-refractivity contribution >= 4 is 11.9 Å². The number of nitrogens with one attached hydrogen (secondary N) is 1. The van der Waals surface area contributed by atoms with E-state index in [1.54, 1.807) is 6.08 Å².